The molecular formula is C6H3N2O3. The van der Waals surface area contributed by atoms with Crippen molar-refractivity contribution in [1.29, 1.82) is 0 Å². The van der Waals surface area contributed by atoms with Gasteiger partial charge in [-0.15, -0.1) is 0 Å². The SMILES string of the molecule is O=c1[nH]occ1-c1[c]noc1. The predicted octanol–water partition coefficient (Wildman–Crippen LogP) is 0.423. The second kappa shape index (κ2) is 2.12. The van der Waals surface area contributed by atoms with Crippen molar-refractivity contribution < 1.29 is 9.05 Å². The molecule has 1 radical (unpaired) electrons. The third-order valence-electron chi connectivity index (χ3n) is 1.25. The van der Waals surface area contributed by atoms with E-state index >= 15 is 0 Å². The van der Waals surface area contributed by atoms with Crippen molar-refractivity contribution in [1.82, 2.24) is 10.3 Å². The number of hydrogen-bond donors (Lipinski definition) is 1. The molecule has 55 valence electrons. The van der Waals surface area contributed by atoms with Crippen molar-refractivity contribution in [2.75, 3.05) is 0 Å². The Labute approximate surface area is 60.6 Å². The van der Waals surface area contributed by atoms with Crippen LogP contribution in [0.1, 0.15) is 0 Å². The minimum absolute atomic E-state index is 0.315. The second-order valence-electron chi connectivity index (χ2n) is 1.92. The van der Waals surface area contributed by atoms with E-state index < -0.39 is 0 Å². The van der Waals surface area contributed by atoms with Crippen molar-refractivity contribution in [3.63, 3.8) is 0 Å². The third kappa shape index (κ3) is 0.861. The molecule has 11 heavy (non-hydrogen) atoms. The molecule has 0 aliphatic rings. The van der Waals surface area contributed by atoms with Gasteiger partial charge in [-0.3, -0.25) is 4.79 Å². The minimum atomic E-state index is -0.315. The molecule has 0 aliphatic heterocycles. The lowest BCUT2D eigenvalue weighted by Crippen LogP contribution is -1.99. The first-order valence-electron chi connectivity index (χ1n) is 2.86. The van der Waals surface area contributed by atoms with Gasteiger partial charge < -0.3 is 9.05 Å². The van der Waals surface area contributed by atoms with Crippen LogP contribution < -0.4 is 5.56 Å². The predicted molar refractivity (Wildman–Crippen MR) is 33.7 cm³/mol. The molecule has 2 heterocycles. The third-order valence-corrected chi connectivity index (χ3v) is 1.25. The molecule has 2 aromatic rings. The zero-order valence-corrected chi connectivity index (χ0v) is 5.33. The quantitative estimate of drug-likeness (QED) is 0.641. The van der Waals surface area contributed by atoms with Gasteiger partial charge in [0, 0.05) is 0 Å². The van der Waals surface area contributed by atoms with E-state index in [1.807, 2.05) is 0 Å². The largest absolute Gasteiger partial charge is 0.386 e. The molecular weight excluding hydrogens is 148 g/mol. The smallest absolute Gasteiger partial charge is 0.287 e. The van der Waals surface area contributed by atoms with Gasteiger partial charge in [0.05, 0.1) is 11.1 Å². The lowest BCUT2D eigenvalue weighted by molar-refractivity contribution is 0.413. The highest BCUT2D eigenvalue weighted by molar-refractivity contribution is 5.57. The molecule has 0 saturated heterocycles. The van der Waals surface area contributed by atoms with E-state index in [9.17, 15) is 4.79 Å². The molecule has 0 atom stereocenters. The molecule has 5 heteroatoms. The molecule has 2 rings (SSSR count). The van der Waals surface area contributed by atoms with Crippen LogP contribution in [0.3, 0.4) is 0 Å². The van der Waals surface area contributed by atoms with Crippen LogP contribution in [0.2, 0.25) is 0 Å². The molecule has 0 aliphatic carbocycles. The van der Waals surface area contributed by atoms with Gasteiger partial charge >= 0.3 is 0 Å². The summed E-state index contributed by atoms with van der Waals surface area (Å²) in [5, 5.41) is 5.46. The number of nitrogens with zero attached hydrogens (tertiary/aromatic N) is 1. The van der Waals surface area contributed by atoms with Gasteiger partial charge in [0.2, 0.25) is 0 Å². The first-order chi connectivity index (χ1) is 5.38. The number of rotatable bonds is 1. The average Bonchev–Trinajstić information content (AvgIpc) is 2.55. The molecule has 5 nitrogen and oxygen atoms in total. The Kier molecular flexibility index (Phi) is 1.15. The number of H-pyrrole nitrogens is 1. The summed E-state index contributed by atoms with van der Waals surface area (Å²) in [6.07, 6.45) is 5.09. The molecule has 0 amide bonds. The highest BCUT2D eigenvalue weighted by Crippen LogP contribution is 2.11. The summed E-state index contributed by atoms with van der Waals surface area (Å²) < 4.78 is 9.04. The van der Waals surface area contributed by atoms with Crippen molar-refractivity contribution in [3.8, 4) is 11.1 Å². The van der Waals surface area contributed by atoms with Crippen molar-refractivity contribution in [2.45, 2.75) is 0 Å². The normalized spacial score (nSPS) is 10.2. The standard InChI is InChI=1S/C6H3N2O3/c9-6-5(3-11-8-6)4-1-7-10-2-4/h2-3H,(H,8,9). The van der Waals surface area contributed by atoms with E-state index in [-0.39, 0.29) is 5.56 Å². The summed E-state index contributed by atoms with van der Waals surface area (Å²) in [7, 11) is 0. The highest BCUT2D eigenvalue weighted by Gasteiger charge is 2.06. The average molecular weight is 151 g/mol. The summed E-state index contributed by atoms with van der Waals surface area (Å²) in [4.78, 5) is 10.9. The Balaban J connectivity index is 2.62. The number of aromatic nitrogens is 2. The first kappa shape index (κ1) is 5.96. The van der Waals surface area contributed by atoms with E-state index in [0.717, 1.165) is 0 Å². The molecule has 0 bridgehead atoms. The van der Waals surface area contributed by atoms with Crippen LogP contribution in [0.15, 0.2) is 26.4 Å². The fourth-order valence-corrected chi connectivity index (χ4v) is 0.741. The summed E-state index contributed by atoms with van der Waals surface area (Å²) in [5.41, 5.74) is 0.538. The van der Waals surface area contributed by atoms with Crippen molar-refractivity contribution in [2.24, 2.45) is 0 Å². The highest BCUT2D eigenvalue weighted by atomic mass is 16.5. The van der Waals surface area contributed by atoms with Crippen LogP contribution in [0, 0.1) is 6.20 Å². The van der Waals surface area contributed by atoms with Gasteiger partial charge in [-0.2, -0.15) is 5.16 Å². The second-order valence-corrected chi connectivity index (χ2v) is 1.92. The summed E-state index contributed by atoms with van der Waals surface area (Å²) in [5.74, 6) is 0. The lowest BCUT2D eigenvalue weighted by Gasteiger charge is -1.77. The molecule has 1 N–H and O–H groups in total. The van der Waals surface area contributed by atoms with Crippen LogP contribution in [-0.2, 0) is 0 Å². The monoisotopic (exact) mass is 151 g/mol. The van der Waals surface area contributed by atoms with Gasteiger partial charge in [0.15, 0.2) is 0 Å². The summed E-state index contributed by atoms with van der Waals surface area (Å²) >= 11 is 0. The van der Waals surface area contributed by atoms with Gasteiger partial charge in [-0.1, -0.05) is 5.16 Å². The van der Waals surface area contributed by atoms with E-state index in [1.165, 1.54) is 12.5 Å². The minimum Gasteiger partial charge on any atom is -0.386 e. The lowest BCUT2D eigenvalue weighted by atomic mass is 10.2. The van der Waals surface area contributed by atoms with Crippen molar-refractivity contribution in [3.05, 3.63) is 29.1 Å². The van der Waals surface area contributed by atoms with Gasteiger partial charge in [-0.05, 0) is 0 Å². The first-order valence-corrected chi connectivity index (χ1v) is 2.86. The summed E-state index contributed by atoms with van der Waals surface area (Å²) in [6.45, 7) is 0. The van der Waals surface area contributed by atoms with Crippen molar-refractivity contribution >= 4 is 0 Å². The zero-order chi connectivity index (χ0) is 7.68. The Bertz CT molecular complexity index is 384. The van der Waals surface area contributed by atoms with E-state index in [4.69, 9.17) is 0 Å². The molecule has 0 unspecified atom stereocenters. The van der Waals surface area contributed by atoms with Crippen LogP contribution in [0.4, 0.5) is 0 Å². The van der Waals surface area contributed by atoms with Crippen LogP contribution in [0.5, 0.6) is 0 Å². The Morgan fingerprint density at radius 2 is 2.45 bits per heavy atom. The number of nitrogens with one attached hydrogen (secondary N) is 1. The Morgan fingerprint density at radius 3 is 3.00 bits per heavy atom. The number of hydrogen-bond acceptors (Lipinski definition) is 4. The fourth-order valence-electron chi connectivity index (χ4n) is 0.741. The Morgan fingerprint density at radius 1 is 1.55 bits per heavy atom. The van der Waals surface area contributed by atoms with E-state index in [1.54, 1.807) is 0 Å². The van der Waals surface area contributed by atoms with Gasteiger partial charge in [0.1, 0.15) is 18.7 Å². The molecule has 2 aromatic heterocycles. The van der Waals surface area contributed by atoms with Crippen LogP contribution >= 0.6 is 0 Å². The maximum absolute atomic E-state index is 10.9. The van der Waals surface area contributed by atoms with E-state index in [0.29, 0.717) is 11.1 Å². The summed E-state index contributed by atoms with van der Waals surface area (Å²) in [6, 6.07) is 0. The fraction of sp³-hybridized carbons (Fsp3) is 0. The molecule has 0 spiro atoms. The topological polar surface area (TPSA) is 72.0 Å². The molecule has 0 fully saturated rings. The van der Waals surface area contributed by atoms with Gasteiger partial charge in [-0.25, -0.2) is 0 Å². The van der Waals surface area contributed by atoms with Crippen LogP contribution in [-0.4, -0.2) is 10.3 Å². The maximum atomic E-state index is 10.9. The van der Waals surface area contributed by atoms with Crippen LogP contribution in [0.25, 0.3) is 11.1 Å². The molecule has 0 saturated carbocycles. The van der Waals surface area contributed by atoms with E-state index in [2.05, 4.69) is 25.6 Å². The number of aromatic amines is 1. The molecule has 0 aromatic carbocycles. The maximum Gasteiger partial charge on any atom is 0.287 e. The zero-order valence-electron chi connectivity index (χ0n) is 5.33. The Hall–Kier alpha value is -1.78. The van der Waals surface area contributed by atoms with Gasteiger partial charge in [0.25, 0.3) is 5.56 Å².